The van der Waals surface area contributed by atoms with Crippen molar-refractivity contribution in [1.29, 1.82) is 0 Å². The van der Waals surface area contributed by atoms with E-state index in [1.54, 1.807) is 0 Å². The first-order chi connectivity index (χ1) is 1.73. The molecular weight excluding hydrogens is 144 g/mol. The summed E-state index contributed by atoms with van der Waals surface area (Å²) in [5.41, 5.74) is 0. The fraction of sp³-hybridized carbons (Fsp3) is 0. The summed E-state index contributed by atoms with van der Waals surface area (Å²) in [6.07, 6.45) is 0. The molecule has 0 atom stereocenters. The zero-order valence-electron chi connectivity index (χ0n) is 2.88. The van der Waals surface area contributed by atoms with Crippen LogP contribution in [0.15, 0.2) is 0 Å². The van der Waals surface area contributed by atoms with Gasteiger partial charge in [-0.05, 0) is 0 Å². The van der Waals surface area contributed by atoms with Crippen LogP contribution in [0, 0.1) is 0 Å². The van der Waals surface area contributed by atoms with Gasteiger partial charge in [-0.15, -0.1) is 0 Å². The molecule has 0 radical (unpaired) electrons. The molecule has 24 valence electrons. The molecule has 0 saturated heterocycles. The van der Waals surface area contributed by atoms with Crippen LogP contribution < -0.4 is 63.2 Å². The van der Waals surface area contributed by atoms with E-state index in [2.05, 4.69) is 0 Å². The second kappa shape index (κ2) is 5.75. The summed E-state index contributed by atoms with van der Waals surface area (Å²) >= 11 is 0. The van der Waals surface area contributed by atoms with Gasteiger partial charge in [0.1, 0.15) is 0 Å². The van der Waals surface area contributed by atoms with Crippen LogP contribution in [0.1, 0.15) is 0 Å². The predicted octanol–water partition coefficient (Wildman–Crippen LogP) is -5.68. The topological polar surface area (TPSA) is 63.5 Å². The summed E-state index contributed by atoms with van der Waals surface area (Å²) < 4.78 is 0. The van der Waals surface area contributed by atoms with Crippen LogP contribution in [-0.2, 0) is 0 Å². The zero-order valence-corrected chi connectivity index (χ0v) is 7.80. The second-order valence-electron chi connectivity index (χ2n) is 0.326. The van der Waals surface area contributed by atoms with Gasteiger partial charge < -0.3 is 15.1 Å². The van der Waals surface area contributed by atoms with Crippen LogP contribution in [0.2, 0.25) is 0 Å². The molecular formula is H2BO3Rb. The first-order valence-electron chi connectivity index (χ1n) is 0.752. The molecule has 0 heterocycles. The van der Waals surface area contributed by atoms with Gasteiger partial charge in [0.2, 0.25) is 0 Å². The SMILES string of the molecule is [O-]B(O)O.[Rb+]. The Morgan fingerprint density at radius 2 is 1.40 bits per heavy atom. The third-order valence-corrected chi connectivity index (χ3v) is 0. The molecule has 0 spiro atoms. The van der Waals surface area contributed by atoms with Crippen molar-refractivity contribution >= 4 is 7.32 Å². The Kier molecular flexibility index (Phi) is 11.4. The minimum atomic E-state index is -2.42. The van der Waals surface area contributed by atoms with Crippen molar-refractivity contribution in [2.45, 2.75) is 0 Å². The van der Waals surface area contributed by atoms with Crippen LogP contribution in [-0.4, -0.2) is 17.4 Å². The van der Waals surface area contributed by atoms with E-state index in [9.17, 15) is 0 Å². The van der Waals surface area contributed by atoms with E-state index in [4.69, 9.17) is 15.1 Å². The Labute approximate surface area is 79.0 Å². The summed E-state index contributed by atoms with van der Waals surface area (Å²) in [7, 11) is -2.42. The molecule has 2 N–H and O–H groups in total. The van der Waals surface area contributed by atoms with Crippen molar-refractivity contribution in [3.8, 4) is 0 Å². The molecule has 0 aromatic heterocycles. The van der Waals surface area contributed by atoms with Gasteiger partial charge in [0.15, 0.2) is 0 Å². The molecule has 0 aliphatic heterocycles. The molecule has 0 aliphatic carbocycles. The monoisotopic (exact) mass is 146 g/mol. The van der Waals surface area contributed by atoms with Crippen LogP contribution in [0.4, 0.5) is 0 Å². The van der Waals surface area contributed by atoms with Crippen LogP contribution in [0.25, 0.3) is 0 Å². The van der Waals surface area contributed by atoms with Crippen molar-refractivity contribution < 1.29 is 73.3 Å². The summed E-state index contributed by atoms with van der Waals surface area (Å²) in [6.45, 7) is 0. The Hall–Kier alpha value is 1.75. The predicted molar refractivity (Wildman–Crippen MR) is 10.2 cm³/mol. The smallest absolute Gasteiger partial charge is 0.832 e. The van der Waals surface area contributed by atoms with Gasteiger partial charge in [0.25, 0.3) is 0 Å². The molecule has 5 heteroatoms. The molecule has 0 aromatic carbocycles. The normalized spacial score (nSPS) is 5.40. The molecule has 0 unspecified atom stereocenters. The minimum Gasteiger partial charge on any atom is -0.832 e. The minimum absolute atomic E-state index is 0. The Bertz CT molecular complexity index is 11.6. The first kappa shape index (κ1) is 9.89. The third-order valence-electron chi connectivity index (χ3n) is 0. The van der Waals surface area contributed by atoms with Gasteiger partial charge in [0, 0.05) is 0 Å². The number of hydrogen-bond acceptors (Lipinski definition) is 3. The van der Waals surface area contributed by atoms with Gasteiger partial charge in [-0.25, -0.2) is 0 Å². The fourth-order valence-electron chi connectivity index (χ4n) is 0. The van der Waals surface area contributed by atoms with Gasteiger partial charge in [-0.2, -0.15) is 0 Å². The average molecular weight is 146 g/mol. The Morgan fingerprint density at radius 1 is 1.40 bits per heavy atom. The van der Waals surface area contributed by atoms with Crippen molar-refractivity contribution in [1.82, 2.24) is 0 Å². The second-order valence-corrected chi connectivity index (χ2v) is 0.326. The maximum Gasteiger partial charge on any atom is 1.00 e. The van der Waals surface area contributed by atoms with Gasteiger partial charge in [-0.3, -0.25) is 0 Å². The van der Waals surface area contributed by atoms with Crippen molar-refractivity contribution in [3.05, 3.63) is 0 Å². The van der Waals surface area contributed by atoms with E-state index in [0.717, 1.165) is 0 Å². The largest absolute Gasteiger partial charge is 1.00 e. The molecule has 5 heavy (non-hydrogen) atoms. The summed E-state index contributed by atoms with van der Waals surface area (Å²) in [6, 6.07) is 0. The number of rotatable bonds is 0. The standard InChI is InChI=1S/BH2O3.Rb/c2-1(3)4;/h2-3H;/q-1;+1. The maximum absolute atomic E-state index is 8.64. The van der Waals surface area contributed by atoms with E-state index < -0.39 is 7.32 Å². The summed E-state index contributed by atoms with van der Waals surface area (Å²) in [4.78, 5) is 0. The maximum atomic E-state index is 8.64. The molecule has 0 aliphatic rings. The molecule has 0 rings (SSSR count). The Balaban J connectivity index is 0. The molecule has 0 amide bonds. The molecule has 0 saturated carbocycles. The number of hydrogen-bond donors (Lipinski definition) is 2. The van der Waals surface area contributed by atoms with E-state index in [1.807, 2.05) is 0 Å². The van der Waals surface area contributed by atoms with E-state index in [1.165, 1.54) is 0 Å². The average Bonchev–Trinajstić information content (AvgIpc) is 0.811. The fourth-order valence-corrected chi connectivity index (χ4v) is 0. The van der Waals surface area contributed by atoms with Crippen LogP contribution in [0.3, 0.4) is 0 Å². The van der Waals surface area contributed by atoms with Crippen LogP contribution >= 0.6 is 0 Å². The van der Waals surface area contributed by atoms with Crippen molar-refractivity contribution in [2.24, 2.45) is 0 Å². The quantitative estimate of drug-likeness (QED) is 0.335. The zero-order chi connectivity index (χ0) is 3.58. The molecule has 0 bridgehead atoms. The van der Waals surface area contributed by atoms with Gasteiger partial charge >= 0.3 is 65.5 Å². The van der Waals surface area contributed by atoms with Crippen LogP contribution in [0.5, 0.6) is 0 Å². The molecule has 0 aromatic rings. The summed E-state index contributed by atoms with van der Waals surface area (Å²) in [5.74, 6) is 0. The Morgan fingerprint density at radius 3 is 1.40 bits per heavy atom. The third kappa shape index (κ3) is 26.4. The molecule has 3 nitrogen and oxygen atoms in total. The first-order valence-corrected chi connectivity index (χ1v) is 0.752. The van der Waals surface area contributed by atoms with Gasteiger partial charge in [-0.1, -0.05) is 0 Å². The van der Waals surface area contributed by atoms with E-state index >= 15 is 0 Å². The van der Waals surface area contributed by atoms with Gasteiger partial charge in [0.05, 0.1) is 0 Å². The molecule has 0 fully saturated rings. The summed E-state index contributed by atoms with van der Waals surface area (Å²) in [5, 5.41) is 22.8. The van der Waals surface area contributed by atoms with E-state index in [0.29, 0.717) is 0 Å². The van der Waals surface area contributed by atoms with E-state index in [-0.39, 0.29) is 58.2 Å². The van der Waals surface area contributed by atoms with Crippen molar-refractivity contribution in [2.75, 3.05) is 0 Å². The van der Waals surface area contributed by atoms with Crippen molar-refractivity contribution in [3.63, 3.8) is 0 Å².